The first-order chi connectivity index (χ1) is 6.27. The van der Waals surface area contributed by atoms with Gasteiger partial charge in [0.15, 0.2) is 0 Å². The van der Waals surface area contributed by atoms with Gasteiger partial charge in [-0.25, -0.2) is 0 Å². The molecule has 1 aromatic carbocycles. The summed E-state index contributed by atoms with van der Waals surface area (Å²) in [5.41, 5.74) is 5.06. The molecule has 0 aliphatic rings. The van der Waals surface area contributed by atoms with Gasteiger partial charge in [-0.1, -0.05) is 12.1 Å². The molecule has 3 heteroatoms. The van der Waals surface area contributed by atoms with Gasteiger partial charge in [0.2, 0.25) is 0 Å². The van der Waals surface area contributed by atoms with Gasteiger partial charge in [-0.15, -0.1) is 0 Å². The molecule has 0 heterocycles. The standard InChI is InChI=1S/C10H15NO2/c1-8-4-5-9(7-11-13-3)6-10(8)12-2/h4-6,11H,7H2,1-3H3. The van der Waals surface area contributed by atoms with Crippen molar-refractivity contribution >= 4 is 0 Å². The summed E-state index contributed by atoms with van der Waals surface area (Å²) in [5, 5.41) is 0. The Hall–Kier alpha value is -1.06. The van der Waals surface area contributed by atoms with E-state index in [1.54, 1.807) is 14.2 Å². The highest BCUT2D eigenvalue weighted by Crippen LogP contribution is 2.18. The van der Waals surface area contributed by atoms with Crippen molar-refractivity contribution in [3.05, 3.63) is 29.3 Å². The van der Waals surface area contributed by atoms with Crippen molar-refractivity contribution in [1.82, 2.24) is 5.48 Å². The van der Waals surface area contributed by atoms with Crippen LogP contribution in [0.4, 0.5) is 0 Å². The van der Waals surface area contributed by atoms with Crippen molar-refractivity contribution in [2.45, 2.75) is 13.5 Å². The van der Waals surface area contributed by atoms with Crippen molar-refractivity contribution in [1.29, 1.82) is 0 Å². The lowest BCUT2D eigenvalue weighted by atomic mass is 10.1. The van der Waals surface area contributed by atoms with Gasteiger partial charge in [0, 0.05) is 6.54 Å². The predicted molar refractivity (Wildman–Crippen MR) is 51.6 cm³/mol. The number of hydroxylamine groups is 1. The SMILES string of the molecule is CONCc1ccc(C)c(OC)c1. The average Bonchev–Trinajstić information content (AvgIpc) is 2.16. The van der Waals surface area contributed by atoms with E-state index in [1.807, 2.05) is 25.1 Å². The van der Waals surface area contributed by atoms with E-state index in [0.29, 0.717) is 6.54 Å². The minimum atomic E-state index is 0.688. The Bertz CT molecular complexity index is 274. The molecule has 3 nitrogen and oxygen atoms in total. The van der Waals surface area contributed by atoms with E-state index in [9.17, 15) is 0 Å². The molecular weight excluding hydrogens is 166 g/mol. The van der Waals surface area contributed by atoms with Crippen LogP contribution in [0.3, 0.4) is 0 Å². The van der Waals surface area contributed by atoms with Crippen molar-refractivity contribution in [2.75, 3.05) is 14.2 Å². The van der Waals surface area contributed by atoms with E-state index in [1.165, 1.54) is 0 Å². The first-order valence-corrected chi connectivity index (χ1v) is 4.17. The number of ether oxygens (including phenoxy) is 1. The molecule has 0 aromatic heterocycles. The van der Waals surface area contributed by atoms with Crippen LogP contribution < -0.4 is 10.2 Å². The largest absolute Gasteiger partial charge is 0.496 e. The third-order valence-corrected chi connectivity index (χ3v) is 1.89. The number of nitrogens with one attached hydrogen (secondary N) is 1. The lowest BCUT2D eigenvalue weighted by Gasteiger charge is -2.07. The van der Waals surface area contributed by atoms with E-state index in [4.69, 9.17) is 9.57 Å². The molecule has 0 spiro atoms. The molecule has 72 valence electrons. The maximum atomic E-state index is 5.20. The predicted octanol–water partition coefficient (Wildman–Crippen LogP) is 1.65. The summed E-state index contributed by atoms with van der Waals surface area (Å²) >= 11 is 0. The zero-order valence-electron chi connectivity index (χ0n) is 8.26. The fourth-order valence-electron chi connectivity index (χ4n) is 1.13. The van der Waals surface area contributed by atoms with Crippen molar-refractivity contribution in [3.63, 3.8) is 0 Å². The highest BCUT2D eigenvalue weighted by molar-refractivity contribution is 5.36. The van der Waals surface area contributed by atoms with Gasteiger partial charge in [0.05, 0.1) is 14.2 Å². The van der Waals surface area contributed by atoms with Gasteiger partial charge in [-0.05, 0) is 24.1 Å². The highest BCUT2D eigenvalue weighted by atomic mass is 16.6. The van der Waals surface area contributed by atoms with Crippen LogP contribution in [0.15, 0.2) is 18.2 Å². The Morgan fingerprint density at radius 3 is 2.69 bits per heavy atom. The summed E-state index contributed by atoms with van der Waals surface area (Å²) < 4.78 is 5.20. The van der Waals surface area contributed by atoms with Crippen molar-refractivity contribution < 1.29 is 9.57 Å². The first-order valence-electron chi connectivity index (χ1n) is 4.17. The van der Waals surface area contributed by atoms with Crippen LogP contribution in [-0.4, -0.2) is 14.2 Å². The van der Waals surface area contributed by atoms with E-state index < -0.39 is 0 Å². The highest BCUT2D eigenvalue weighted by Gasteiger charge is 1.99. The lowest BCUT2D eigenvalue weighted by Crippen LogP contribution is -2.10. The van der Waals surface area contributed by atoms with Crippen LogP contribution >= 0.6 is 0 Å². The van der Waals surface area contributed by atoms with Crippen LogP contribution in [0.2, 0.25) is 0 Å². The molecule has 1 rings (SSSR count). The summed E-state index contributed by atoms with van der Waals surface area (Å²) in [6.45, 7) is 2.71. The van der Waals surface area contributed by atoms with Gasteiger partial charge >= 0.3 is 0 Å². The number of methoxy groups -OCH3 is 1. The molecule has 0 bridgehead atoms. The Morgan fingerprint density at radius 1 is 1.31 bits per heavy atom. The number of aryl methyl sites for hydroxylation is 1. The summed E-state index contributed by atoms with van der Waals surface area (Å²) in [5.74, 6) is 0.912. The second-order valence-corrected chi connectivity index (χ2v) is 2.83. The van der Waals surface area contributed by atoms with Crippen LogP contribution in [-0.2, 0) is 11.4 Å². The normalized spacial score (nSPS) is 10.1. The minimum Gasteiger partial charge on any atom is -0.496 e. The van der Waals surface area contributed by atoms with Crippen molar-refractivity contribution in [3.8, 4) is 5.75 Å². The number of hydrogen-bond donors (Lipinski definition) is 1. The van der Waals surface area contributed by atoms with Gasteiger partial charge in [0.1, 0.15) is 5.75 Å². The van der Waals surface area contributed by atoms with Crippen molar-refractivity contribution in [2.24, 2.45) is 0 Å². The molecule has 0 aliphatic heterocycles. The minimum absolute atomic E-state index is 0.688. The Kier molecular flexibility index (Phi) is 3.73. The molecule has 1 aromatic rings. The molecule has 0 atom stereocenters. The Balaban J connectivity index is 2.74. The van der Waals surface area contributed by atoms with E-state index >= 15 is 0 Å². The summed E-state index contributed by atoms with van der Waals surface area (Å²) in [4.78, 5) is 4.76. The monoisotopic (exact) mass is 181 g/mol. The number of benzene rings is 1. The number of hydrogen-bond acceptors (Lipinski definition) is 3. The smallest absolute Gasteiger partial charge is 0.122 e. The maximum Gasteiger partial charge on any atom is 0.122 e. The number of rotatable bonds is 4. The molecule has 0 fully saturated rings. The molecule has 0 saturated heterocycles. The van der Waals surface area contributed by atoms with Crippen LogP contribution in [0.25, 0.3) is 0 Å². The fraction of sp³-hybridized carbons (Fsp3) is 0.400. The maximum absolute atomic E-state index is 5.20. The zero-order valence-corrected chi connectivity index (χ0v) is 8.26. The summed E-state index contributed by atoms with van der Waals surface area (Å²) in [6, 6.07) is 6.08. The molecular formula is C10H15NO2. The molecule has 0 aliphatic carbocycles. The van der Waals surface area contributed by atoms with E-state index in [2.05, 4.69) is 5.48 Å². The topological polar surface area (TPSA) is 30.5 Å². The fourth-order valence-corrected chi connectivity index (χ4v) is 1.13. The Labute approximate surface area is 78.6 Å². The summed E-state index contributed by atoms with van der Waals surface area (Å²) in [6.07, 6.45) is 0. The van der Waals surface area contributed by atoms with Gasteiger partial charge in [0.25, 0.3) is 0 Å². The zero-order chi connectivity index (χ0) is 9.68. The molecule has 0 saturated carbocycles. The molecule has 13 heavy (non-hydrogen) atoms. The van der Waals surface area contributed by atoms with Gasteiger partial charge in [-0.2, -0.15) is 5.48 Å². The van der Waals surface area contributed by atoms with Gasteiger partial charge < -0.3 is 9.57 Å². The quantitative estimate of drug-likeness (QED) is 0.716. The first kappa shape index (κ1) is 10.0. The van der Waals surface area contributed by atoms with Crippen LogP contribution in [0.1, 0.15) is 11.1 Å². The molecule has 1 N–H and O–H groups in total. The third-order valence-electron chi connectivity index (χ3n) is 1.89. The Morgan fingerprint density at radius 2 is 2.08 bits per heavy atom. The lowest BCUT2D eigenvalue weighted by molar-refractivity contribution is 0.0867. The van der Waals surface area contributed by atoms with Crippen LogP contribution in [0.5, 0.6) is 5.75 Å². The molecule has 0 radical (unpaired) electrons. The molecule has 0 amide bonds. The third kappa shape index (κ3) is 2.72. The van der Waals surface area contributed by atoms with E-state index in [0.717, 1.165) is 16.9 Å². The molecule has 0 unspecified atom stereocenters. The van der Waals surface area contributed by atoms with E-state index in [-0.39, 0.29) is 0 Å². The summed E-state index contributed by atoms with van der Waals surface area (Å²) in [7, 11) is 3.28. The average molecular weight is 181 g/mol. The second-order valence-electron chi connectivity index (χ2n) is 2.83. The van der Waals surface area contributed by atoms with Gasteiger partial charge in [-0.3, -0.25) is 0 Å². The second kappa shape index (κ2) is 4.84. The van der Waals surface area contributed by atoms with Crippen LogP contribution in [0, 0.1) is 6.92 Å².